The maximum absolute atomic E-state index is 13.3. The third-order valence-electron chi connectivity index (χ3n) is 9.17. The highest BCUT2D eigenvalue weighted by atomic mass is 32.2. The average Bonchev–Trinajstić information content (AvgIpc) is 3.63. The second-order valence-electron chi connectivity index (χ2n) is 13.2. The summed E-state index contributed by atoms with van der Waals surface area (Å²) in [7, 11) is 0. The van der Waals surface area contributed by atoms with E-state index in [1.54, 1.807) is 17.8 Å². The van der Waals surface area contributed by atoms with Gasteiger partial charge in [0.1, 0.15) is 17.5 Å². The lowest BCUT2D eigenvalue weighted by molar-refractivity contribution is -0.139. The standard InChI is InChI=1S/C33H44N2O4S/c1-33(2,3)24-9-12-25(13-10-24)39-26-11-8-23-18-29(34-28(27(23)19-26)16-21-6-4-5-7-21)31(36)35-30(32(37)38)17-22-14-15-40-20-22/h8,11,14-15,18-19,21-22,24-25,30H,4-7,9-10,12-13,16-17,20H2,1-3H3,(H,35,36)(H,37,38)/t22?,24-,25-,30?. The van der Waals surface area contributed by atoms with Gasteiger partial charge in [0.25, 0.3) is 5.91 Å². The van der Waals surface area contributed by atoms with Crippen molar-refractivity contribution in [2.75, 3.05) is 5.75 Å². The Hall–Kier alpha value is -2.54. The summed E-state index contributed by atoms with van der Waals surface area (Å²) in [5, 5.41) is 16.5. The lowest BCUT2D eigenvalue weighted by atomic mass is 9.72. The van der Waals surface area contributed by atoms with E-state index < -0.39 is 17.9 Å². The van der Waals surface area contributed by atoms with Gasteiger partial charge in [-0.3, -0.25) is 4.79 Å². The van der Waals surface area contributed by atoms with Crippen LogP contribution in [0.5, 0.6) is 5.75 Å². The zero-order valence-corrected chi connectivity index (χ0v) is 25.0. The second-order valence-corrected chi connectivity index (χ2v) is 14.1. The van der Waals surface area contributed by atoms with E-state index in [1.165, 1.54) is 38.5 Å². The van der Waals surface area contributed by atoms with Crippen LogP contribution in [0.2, 0.25) is 0 Å². The molecule has 0 radical (unpaired) electrons. The summed E-state index contributed by atoms with van der Waals surface area (Å²) in [5.41, 5.74) is 1.55. The summed E-state index contributed by atoms with van der Waals surface area (Å²) in [5.74, 6) is 1.73. The molecule has 2 fully saturated rings. The molecule has 2 N–H and O–H groups in total. The van der Waals surface area contributed by atoms with Gasteiger partial charge in [-0.2, -0.15) is 0 Å². The topological polar surface area (TPSA) is 88.5 Å². The lowest BCUT2D eigenvalue weighted by Gasteiger charge is -2.37. The van der Waals surface area contributed by atoms with Gasteiger partial charge in [0.05, 0.1) is 6.10 Å². The van der Waals surface area contributed by atoms with Gasteiger partial charge in [-0.05, 0) is 90.7 Å². The molecule has 0 bridgehead atoms. The summed E-state index contributed by atoms with van der Waals surface area (Å²) >= 11 is 1.67. The van der Waals surface area contributed by atoms with E-state index in [4.69, 9.17) is 9.72 Å². The number of hydrogen-bond acceptors (Lipinski definition) is 5. The number of fused-ring (bicyclic) bond motifs is 1. The number of aromatic nitrogens is 1. The molecule has 5 rings (SSSR count). The minimum absolute atomic E-state index is 0.149. The molecule has 2 aromatic rings. The SMILES string of the molecule is CC(C)(C)[C@H]1CC[C@H](Oc2ccc3cc(C(=O)NC(CC4C=CSC4)C(=O)O)nc(CC4CCCC4)c3c2)CC1. The predicted octanol–water partition coefficient (Wildman–Crippen LogP) is 7.40. The highest BCUT2D eigenvalue weighted by Gasteiger charge is 2.31. The first-order valence-corrected chi connectivity index (χ1v) is 16.1. The third kappa shape index (κ3) is 7.20. The number of allylic oxidation sites excluding steroid dienone is 1. The van der Waals surface area contributed by atoms with Crippen LogP contribution in [-0.2, 0) is 11.2 Å². The molecule has 40 heavy (non-hydrogen) atoms. The van der Waals surface area contributed by atoms with Crippen LogP contribution >= 0.6 is 11.8 Å². The fourth-order valence-corrected chi connectivity index (χ4v) is 7.61. The number of rotatable bonds is 9. The van der Waals surface area contributed by atoms with Crippen LogP contribution in [0.1, 0.15) is 94.7 Å². The van der Waals surface area contributed by atoms with Crippen molar-refractivity contribution in [3.63, 3.8) is 0 Å². The molecule has 1 amide bonds. The lowest BCUT2D eigenvalue weighted by Crippen LogP contribution is -2.42. The fourth-order valence-electron chi connectivity index (χ4n) is 6.67. The highest BCUT2D eigenvalue weighted by molar-refractivity contribution is 8.02. The molecule has 1 aromatic heterocycles. The Morgan fingerprint density at radius 2 is 1.85 bits per heavy atom. The number of nitrogens with zero attached hydrogens (tertiary/aromatic N) is 1. The minimum Gasteiger partial charge on any atom is -0.490 e. The van der Waals surface area contributed by atoms with E-state index in [0.29, 0.717) is 17.8 Å². The highest BCUT2D eigenvalue weighted by Crippen LogP contribution is 2.39. The molecular weight excluding hydrogens is 520 g/mol. The number of carbonyl (C=O) groups is 2. The molecule has 2 saturated carbocycles. The van der Waals surface area contributed by atoms with Gasteiger partial charge in [-0.15, -0.1) is 11.8 Å². The summed E-state index contributed by atoms with van der Waals surface area (Å²) in [6, 6.07) is 6.99. The zero-order chi connectivity index (χ0) is 28.3. The van der Waals surface area contributed by atoms with Crippen molar-refractivity contribution in [1.29, 1.82) is 0 Å². The number of carboxylic acid groups (broad SMARTS) is 1. The Morgan fingerprint density at radius 1 is 1.10 bits per heavy atom. The summed E-state index contributed by atoms with van der Waals surface area (Å²) in [4.78, 5) is 30.1. The van der Waals surface area contributed by atoms with Gasteiger partial charge < -0.3 is 15.2 Å². The van der Waals surface area contributed by atoms with Crippen molar-refractivity contribution < 1.29 is 19.4 Å². The van der Waals surface area contributed by atoms with Crippen LogP contribution < -0.4 is 10.1 Å². The van der Waals surface area contributed by atoms with Gasteiger partial charge in [0, 0.05) is 16.8 Å². The summed E-state index contributed by atoms with van der Waals surface area (Å²) in [6.45, 7) is 7.01. The number of amides is 1. The van der Waals surface area contributed by atoms with Crippen molar-refractivity contribution in [3.8, 4) is 5.75 Å². The number of carbonyl (C=O) groups excluding carboxylic acids is 1. The molecule has 2 atom stereocenters. The van der Waals surface area contributed by atoms with Crippen molar-refractivity contribution in [2.45, 2.75) is 97.1 Å². The fraction of sp³-hybridized carbons (Fsp3) is 0.606. The van der Waals surface area contributed by atoms with Crippen LogP contribution in [0.3, 0.4) is 0 Å². The first kappa shape index (κ1) is 29.0. The van der Waals surface area contributed by atoms with E-state index in [2.05, 4.69) is 32.2 Å². The molecule has 1 aliphatic heterocycles. The molecule has 2 heterocycles. The van der Waals surface area contributed by atoms with Crippen LogP contribution in [0.4, 0.5) is 0 Å². The molecule has 216 valence electrons. The smallest absolute Gasteiger partial charge is 0.326 e. The summed E-state index contributed by atoms with van der Waals surface area (Å²) in [6.07, 6.45) is 12.8. The average molecular weight is 565 g/mol. The second kappa shape index (κ2) is 12.5. The number of nitrogens with one attached hydrogen (secondary N) is 1. The van der Waals surface area contributed by atoms with E-state index >= 15 is 0 Å². The van der Waals surface area contributed by atoms with Crippen LogP contribution in [-0.4, -0.2) is 39.9 Å². The zero-order valence-electron chi connectivity index (χ0n) is 24.2. The first-order valence-electron chi connectivity index (χ1n) is 15.1. The Morgan fingerprint density at radius 3 is 2.50 bits per heavy atom. The molecule has 7 heteroatoms. The molecule has 1 aromatic carbocycles. The maximum atomic E-state index is 13.3. The van der Waals surface area contributed by atoms with Gasteiger partial charge in [-0.25, -0.2) is 9.78 Å². The third-order valence-corrected chi connectivity index (χ3v) is 10.1. The van der Waals surface area contributed by atoms with Crippen molar-refractivity contribution in [1.82, 2.24) is 10.3 Å². The van der Waals surface area contributed by atoms with Crippen molar-refractivity contribution in [3.05, 3.63) is 47.1 Å². The van der Waals surface area contributed by atoms with Crippen LogP contribution in [0, 0.1) is 23.2 Å². The largest absolute Gasteiger partial charge is 0.490 e. The number of hydrogen-bond donors (Lipinski definition) is 2. The molecule has 2 unspecified atom stereocenters. The molecule has 2 aliphatic carbocycles. The van der Waals surface area contributed by atoms with Gasteiger partial charge >= 0.3 is 5.97 Å². The van der Waals surface area contributed by atoms with E-state index in [0.717, 1.165) is 53.1 Å². The van der Waals surface area contributed by atoms with Gasteiger partial charge in [0.15, 0.2) is 0 Å². The van der Waals surface area contributed by atoms with E-state index in [9.17, 15) is 14.7 Å². The number of ether oxygens (including phenoxy) is 1. The number of aliphatic carboxylic acids is 1. The van der Waals surface area contributed by atoms with Crippen LogP contribution in [0.25, 0.3) is 10.8 Å². The predicted molar refractivity (Wildman–Crippen MR) is 162 cm³/mol. The molecule has 3 aliphatic rings. The Kier molecular flexibility index (Phi) is 9.08. The summed E-state index contributed by atoms with van der Waals surface area (Å²) < 4.78 is 6.49. The maximum Gasteiger partial charge on any atom is 0.326 e. The van der Waals surface area contributed by atoms with E-state index in [1.807, 2.05) is 23.6 Å². The normalized spacial score (nSPS) is 24.3. The first-order chi connectivity index (χ1) is 19.2. The molecule has 0 saturated heterocycles. The van der Waals surface area contributed by atoms with Crippen LogP contribution in [0.15, 0.2) is 35.7 Å². The van der Waals surface area contributed by atoms with Gasteiger partial charge in [-0.1, -0.05) is 58.6 Å². The number of carboxylic acids is 1. The molecular formula is C33H44N2O4S. The quantitative estimate of drug-likeness (QED) is 0.330. The van der Waals surface area contributed by atoms with Crippen molar-refractivity contribution >= 4 is 34.4 Å². The monoisotopic (exact) mass is 564 g/mol. The number of thioether (sulfide) groups is 1. The molecule has 6 nitrogen and oxygen atoms in total. The minimum atomic E-state index is -1.01. The Balaban J connectivity index is 1.35. The molecule has 0 spiro atoms. The number of pyridine rings is 1. The van der Waals surface area contributed by atoms with Gasteiger partial charge in [0.2, 0.25) is 0 Å². The van der Waals surface area contributed by atoms with E-state index in [-0.39, 0.29) is 17.7 Å². The Bertz CT molecular complexity index is 1240. The Labute approximate surface area is 242 Å². The number of benzene rings is 1. The van der Waals surface area contributed by atoms with Crippen molar-refractivity contribution in [2.24, 2.45) is 23.2 Å².